The molecule has 3 rings (SSSR count). The van der Waals surface area contributed by atoms with Gasteiger partial charge in [0.2, 0.25) is 0 Å². The van der Waals surface area contributed by atoms with Crippen LogP contribution in [0.3, 0.4) is 0 Å². The maximum atomic E-state index is 12.6. The van der Waals surface area contributed by atoms with Gasteiger partial charge in [0, 0.05) is 10.6 Å². The highest BCUT2D eigenvalue weighted by Crippen LogP contribution is 2.35. The molecule has 0 aliphatic heterocycles. The second kappa shape index (κ2) is 7.65. The van der Waals surface area contributed by atoms with Crippen molar-refractivity contribution in [2.24, 2.45) is 5.92 Å². The minimum atomic E-state index is -0.0128. The molecule has 1 aliphatic carbocycles. The van der Waals surface area contributed by atoms with Crippen molar-refractivity contribution in [1.82, 2.24) is 5.32 Å². The zero-order valence-electron chi connectivity index (χ0n) is 13.2. The molecule has 1 fully saturated rings. The van der Waals surface area contributed by atoms with E-state index in [1.165, 1.54) is 19.3 Å². The van der Waals surface area contributed by atoms with E-state index in [0.29, 0.717) is 11.5 Å². The Labute approximate surface area is 142 Å². The average molecular weight is 328 g/mol. The highest BCUT2D eigenvalue weighted by molar-refractivity contribution is 6.30. The molecule has 23 heavy (non-hydrogen) atoms. The predicted octanol–water partition coefficient (Wildman–Crippen LogP) is 5.39. The van der Waals surface area contributed by atoms with Crippen LogP contribution in [-0.2, 0) is 0 Å². The van der Waals surface area contributed by atoms with E-state index in [1.54, 1.807) is 0 Å². The summed E-state index contributed by atoms with van der Waals surface area (Å²) in [5.41, 5.74) is 1.81. The summed E-state index contributed by atoms with van der Waals surface area (Å²) < 4.78 is 0. The van der Waals surface area contributed by atoms with Crippen molar-refractivity contribution in [3.8, 4) is 0 Å². The fourth-order valence-corrected chi connectivity index (χ4v) is 3.65. The lowest BCUT2D eigenvalue weighted by Crippen LogP contribution is -2.34. The van der Waals surface area contributed by atoms with Gasteiger partial charge in [-0.1, -0.05) is 61.2 Å². The Morgan fingerprint density at radius 2 is 1.74 bits per heavy atom. The fraction of sp³-hybridized carbons (Fsp3) is 0.350. The van der Waals surface area contributed by atoms with Crippen LogP contribution in [0.2, 0.25) is 5.02 Å². The van der Waals surface area contributed by atoms with Crippen molar-refractivity contribution < 1.29 is 4.79 Å². The second-order valence-electron chi connectivity index (χ2n) is 6.27. The van der Waals surface area contributed by atoms with Gasteiger partial charge < -0.3 is 5.32 Å². The summed E-state index contributed by atoms with van der Waals surface area (Å²) in [5.74, 6) is 0.469. The molecule has 0 heterocycles. The van der Waals surface area contributed by atoms with Crippen molar-refractivity contribution in [1.29, 1.82) is 0 Å². The van der Waals surface area contributed by atoms with Gasteiger partial charge in [0.05, 0.1) is 6.04 Å². The molecular formula is C20H22ClNO. The van der Waals surface area contributed by atoms with Crippen molar-refractivity contribution in [2.75, 3.05) is 0 Å². The molecule has 1 N–H and O–H groups in total. The average Bonchev–Trinajstić information content (AvgIpc) is 2.61. The van der Waals surface area contributed by atoms with Gasteiger partial charge in [0.15, 0.2) is 0 Å². The van der Waals surface area contributed by atoms with Gasteiger partial charge in [-0.3, -0.25) is 4.79 Å². The maximum absolute atomic E-state index is 12.6. The van der Waals surface area contributed by atoms with Crippen LogP contribution >= 0.6 is 11.6 Å². The van der Waals surface area contributed by atoms with Crippen LogP contribution in [0.1, 0.15) is 54.1 Å². The number of hydrogen-bond acceptors (Lipinski definition) is 1. The minimum absolute atomic E-state index is 0.0128. The Bertz CT molecular complexity index is 650. The first kappa shape index (κ1) is 16.1. The Morgan fingerprint density at radius 1 is 1.00 bits per heavy atom. The van der Waals surface area contributed by atoms with Crippen molar-refractivity contribution in [3.63, 3.8) is 0 Å². The maximum Gasteiger partial charge on any atom is 0.251 e. The Balaban J connectivity index is 1.84. The minimum Gasteiger partial charge on any atom is -0.345 e. The summed E-state index contributed by atoms with van der Waals surface area (Å²) in [6, 6.07) is 17.3. The van der Waals surface area contributed by atoms with E-state index in [-0.39, 0.29) is 11.9 Å². The monoisotopic (exact) mass is 327 g/mol. The van der Waals surface area contributed by atoms with E-state index in [9.17, 15) is 4.79 Å². The van der Waals surface area contributed by atoms with Gasteiger partial charge in [-0.25, -0.2) is 0 Å². The number of carbonyl (C=O) groups is 1. The topological polar surface area (TPSA) is 29.1 Å². The largest absolute Gasteiger partial charge is 0.345 e. The number of benzene rings is 2. The Kier molecular flexibility index (Phi) is 5.35. The third kappa shape index (κ3) is 4.14. The molecule has 1 unspecified atom stereocenters. The molecule has 2 nitrogen and oxygen atoms in total. The molecule has 0 bridgehead atoms. The molecule has 1 aliphatic rings. The summed E-state index contributed by atoms with van der Waals surface area (Å²) in [4.78, 5) is 12.6. The number of halogens is 1. The van der Waals surface area contributed by atoms with Gasteiger partial charge in [-0.05, 0) is 48.6 Å². The first-order chi connectivity index (χ1) is 11.2. The molecule has 120 valence electrons. The highest BCUT2D eigenvalue weighted by Gasteiger charge is 2.27. The van der Waals surface area contributed by atoms with Crippen LogP contribution in [-0.4, -0.2) is 5.91 Å². The number of hydrogen-bond donors (Lipinski definition) is 1. The van der Waals surface area contributed by atoms with Crippen LogP contribution < -0.4 is 5.32 Å². The summed E-state index contributed by atoms with van der Waals surface area (Å²) in [6.45, 7) is 0. The Hall–Kier alpha value is -1.80. The Morgan fingerprint density at radius 3 is 2.43 bits per heavy atom. The summed E-state index contributed by atoms with van der Waals surface area (Å²) in [6.07, 6.45) is 6.09. The van der Waals surface area contributed by atoms with E-state index in [4.69, 9.17) is 11.6 Å². The van der Waals surface area contributed by atoms with Gasteiger partial charge in [-0.2, -0.15) is 0 Å². The third-order valence-corrected chi connectivity index (χ3v) is 4.89. The lowest BCUT2D eigenvalue weighted by molar-refractivity contribution is 0.0912. The zero-order chi connectivity index (χ0) is 16.1. The van der Waals surface area contributed by atoms with Crippen molar-refractivity contribution in [3.05, 3.63) is 70.7 Å². The van der Waals surface area contributed by atoms with E-state index in [0.717, 1.165) is 23.4 Å². The van der Waals surface area contributed by atoms with Crippen LogP contribution in [0.15, 0.2) is 54.6 Å². The lowest BCUT2D eigenvalue weighted by atomic mass is 9.81. The smallest absolute Gasteiger partial charge is 0.251 e. The highest BCUT2D eigenvalue weighted by atomic mass is 35.5. The van der Waals surface area contributed by atoms with Crippen LogP contribution in [0.4, 0.5) is 0 Å². The first-order valence-corrected chi connectivity index (χ1v) is 8.73. The number of rotatable bonds is 4. The molecule has 2 aromatic rings. The van der Waals surface area contributed by atoms with E-state index < -0.39 is 0 Å². The molecule has 3 heteroatoms. The predicted molar refractivity (Wildman–Crippen MR) is 94.7 cm³/mol. The van der Waals surface area contributed by atoms with Gasteiger partial charge >= 0.3 is 0 Å². The van der Waals surface area contributed by atoms with Crippen molar-refractivity contribution in [2.45, 2.75) is 38.1 Å². The molecular weight excluding hydrogens is 306 g/mol. The zero-order valence-corrected chi connectivity index (χ0v) is 13.9. The standard InChI is InChI=1S/C20H22ClNO/c21-18-13-7-12-17(14-18)19(15-8-3-1-4-9-15)22-20(23)16-10-5-2-6-11-16/h2,5-7,10-15,19H,1,3-4,8-9H2,(H,22,23). The van der Waals surface area contributed by atoms with Gasteiger partial charge in [-0.15, -0.1) is 0 Å². The molecule has 2 aromatic carbocycles. The number of nitrogens with one attached hydrogen (secondary N) is 1. The summed E-state index contributed by atoms with van der Waals surface area (Å²) >= 11 is 6.17. The SMILES string of the molecule is O=C(NC(c1cccc(Cl)c1)C1CCCCC1)c1ccccc1. The normalized spacial score (nSPS) is 16.7. The van der Waals surface area contributed by atoms with E-state index >= 15 is 0 Å². The van der Waals surface area contributed by atoms with E-state index in [2.05, 4.69) is 11.4 Å². The second-order valence-corrected chi connectivity index (χ2v) is 6.71. The quantitative estimate of drug-likeness (QED) is 0.801. The van der Waals surface area contributed by atoms with E-state index in [1.807, 2.05) is 48.5 Å². The first-order valence-electron chi connectivity index (χ1n) is 8.35. The molecule has 1 saturated carbocycles. The number of carbonyl (C=O) groups excluding carboxylic acids is 1. The number of amides is 1. The lowest BCUT2D eigenvalue weighted by Gasteiger charge is -2.31. The fourth-order valence-electron chi connectivity index (χ4n) is 3.45. The van der Waals surface area contributed by atoms with Crippen LogP contribution in [0.25, 0.3) is 0 Å². The molecule has 1 atom stereocenters. The van der Waals surface area contributed by atoms with Gasteiger partial charge in [0.1, 0.15) is 0 Å². The molecule has 0 saturated heterocycles. The summed E-state index contributed by atoms with van der Waals surface area (Å²) in [5, 5.41) is 3.97. The van der Waals surface area contributed by atoms with Crippen LogP contribution in [0.5, 0.6) is 0 Å². The summed E-state index contributed by atoms with van der Waals surface area (Å²) in [7, 11) is 0. The van der Waals surface area contributed by atoms with Crippen LogP contribution in [0, 0.1) is 5.92 Å². The van der Waals surface area contributed by atoms with Gasteiger partial charge in [0.25, 0.3) is 5.91 Å². The molecule has 0 radical (unpaired) electrons. The molecule has 1 amide bonds. The third-order valence-electron chi connectivity index (χ3n) is 4.65. The molecule has 0 spiro atoms. The molecule has 0 aromatic heterocycles. The van der Waals surface area contributed by atoms with Crippen molar-refractivity contribution >= 4 is 17.5 Å².